The summed E-state index contributed by atoms with van der Waals surface area (Å²) in [5.74, 6) is -1.20. The Kier molecular flexibility index (Phi) is 4.88. The van der Waals surface area contributed by atoms with Crippen molar-refractivity contribution in [3.63, 3.8) is 0 Å². The van der Waals surface area contributed by atoms with Gasteiger partial charge in [-0.2, -0.15) is 0 Å². The van der Waals surface area contributed by atoms with Gasteiger partial charge in [0.25, 0.3) is 0 Å². The first-order valence-electron chi connectivity index (χ1n) is 8.10. The van der Waals surface area contributed by atoms with Crippen molar-refractivity contribution >= 4 is 39.1 Å². The maximum Gasteiger partial charge on any atom is 0.176 e. The van der Waals surface area contributed by atoms with Gasteiger partial charge in [0.15, 0.2) is 23.1 Å². The highest BCUT2D eigenvalue weighted by molar-refractivity contribution is 9.10. The van der Waals surface area contributed by atoms with E-state index in [-0.39, 0.29) is 28.1 Å². The van der Waals surface area contributed by atoms with E-state index in [9.17, 15) is 14.7 Å². The zero-order chi connectivity index (χ0) is 19.2. The van der Waals surface area contributed by atoms with Gasteiger partial charge in [0.2, 0.25) is 0 Å². The van der Waals surface area contributed by atoms with Gasteiger partial charge in [-0.1, -0.05) is 46.3 Å². The third-order valence-corrected chi connectivity index (χ3v) is 6.81. The van der Waals surface area contributed by atoms with Crippen LogP contribution in [0.25, 0.3) is 0 Å². The van der Waals surface area contributed by atoms with E-state index in [1.165, 1.54) is 13.2 Å². The molecule has 0 aliphatic heterocycles. The number of methoxy groups -OCH3 is 1. The zero-order valence-corrected chi connectivity index (χ0v) is 16.7. The van der Waals surface area contributed by atoms with Crippen LogP contribution in [-0.2, 0) is 9.59 Å². The van der Waals surface area contributed by atoms with Crippen LogP contribution in [0.1, 0.15) is 24.8 Å². The molecule has 3 rings (SSSR count). The fraction of sp³-hybridized carbons (Fsp3) is 0.300. The summed E-state index contributed by atoms with van der Waals surface area (Å²) >= 11 is 9.79. The molecule has 1 aromatic rings. The molecule has 0 radical (unpaired) electrons. The number of ether oxygens (including phenoxy) is 1. The second-order valence-corrected chi connectivity index (χ2v) is 8.23. The van der Waals surface area contributed by atoms with Crippen LogP contribution >= 0.6 is 27.5 Å². The fourth-order valence-corrected chi connectivity index (χ4v) is 5.06. The lowest BCUT2D eigenvalue weighted by Crippen LogP contribution is -2.52. The van der Waals surface area contributed by atoms with Crippen molar-refractivity contribution in [1.82, 2.24) is 0 Å². The SMILES string of the molecule is C=CC1=CCC2C(=O)C(C)=CC(=O)C2(Br)C1c1cc(Cl)c(O)c(OC)c1. The molecule has 2 aliphatic rings. The topological polar surface area (TPSA) is 63.6 Å². The molecule has 0 saturated heterocycles. The van der Waals surface area contributed by atoms with E-state index in [1.807, 2.05) is 6.08 Å². The summed E-state index contributed by atoms with van der Waals surface area (Å²) in [4.78, 5) is 25.7. The standard InChI is InChI=1S/C20H18BrClO4/c1-4-11-5-6-13-18(24)10(2)7-16(23)20(13,21)17(11)12-8-14(22)19(25)15(9-12)26-3/h4-5,7-9,13,17,25H,1,6H2,2-3H3. The predicted octanol–water partition coefficient (Wildman–Crippen LogP) is 4.50. The average molecular weight is 438 g/mol. The van der Waals surface area contributed by atoms with E-state index >= 15 is 0 Å². The predicted molar refractivity (Wildman–Crippen MR) is 104 cm³/mol. The lowest BCUT2D eigenvalue weighted by Gasteiger charge is -2.45. The molecular formula is C20H18BrClO4. The normalized spacial score (nSPS) is 28.2. The molecule has 3 atom stereocenters. The van der Waals surface area contributed by atoms with E-state index in [1.54, 1.807) is 25.1 Å². The molecule has 26 heavy (non-hydrogen) atoms. The van der Waals surface area contributed by atoms with Crippen LogP contribution in [0.4, 0.5) is 0 Å². The monoisotopic (exact) mass is 436 g/mol. The molecule has 0 heterocycles. The molecule has 0 fully saturated rings. The minimum Gasteiger partial charge on any atom is -0.503 e. The van der Waals surface area contributed by atoms with Gasteiger partial charge in [0.05, 0.1) is 12.1 Å². The molecule has 0 bridgehead atoms. The summed E-state index contributed by atoms with van der Waals surface area (Å²) in [7, 11) is 1.42. The molecule has 0 aromatic heterocycles. The van der Waals surface area contributed by atoms with E-state index in [4.69, 9.17) is 16.3 Å². The molecular weight excluding hydrogens is 420 g/mol. The van der Waals surface area contributed by atoms with Crippen LogP contribution in [0.5, 0.6) is 11.5 Å². The first-order valence-corrected chi connectivity index (χ1v) is 9.27. The number of allylic oxidation sites excluding steroid dienone is 5. The molecule has 0 spiro atoms. The van der Waals surface area contributed by atoms with Crippen molar-refractivity contribution in [3.8, 4) is 11.5 Å². The Morgan fingerprint density at radius 1 is 1.42 bits per heavy atom. The van der Waals surface area contributed by atoms with Crippen molar-refractivity contribution in [1.29, 1.82) is 0 Å². The molecule has 1 N–H and O–H groups in total. The van der Waals surface area contributed by atoms with Gasteiger partial charge >= 0.3 is 0 Å². The number of rotatable bonds is 3. The van der Waals surface area contributed by atoms with Gasteiger partial charge in [-0.3, -0.25) is 9.59 Å². The van der Waals surface area contributed by atoms with Crippen LogP contribution in [-0.4, -0.2) is 28.1 Å². The molecule has 4 nitrogen and oxygen atoms in total. The number of halogens is 2. The number of carbonyl (C=O) groups is 2. The van der Waals surface area contributed by atoms with Crippen molar-refractivity contribution in [2.75, 3.05) is 7.11 Å². The van der Waals surface area contributed by atoms with Gasteiger partial charge < -0.3 is 9.84 Å². The number of benzene rings is 1. The third-order valence-electron chi connectivity index (χ3n) is 5.12. The van der Waals surface area contributed by atoms with Crippen LogP contribution in [0.3, 0.4) is 0 Å². The minimum atomic E-state index is -1.13. The fourth-order valence-electron chi connectivity index (χ4n) is 3.80. The lowest BCUT2D eigenvalue weighted by atomic mass is 9.63. The van der Waals surface area contributed by atoms with E-state index < -0.39 is 16.2 Å². The van der Waals surface area contributed by atoms with Gasteiger partial charge in [0, 0.05) is 11.8 Å². The van der Waals surface area contributed by atoms with Crippen molar-refractivity contribution in [3.05, 3.63) is 58.7 Å². The summed E-state index contributed by atoms with van der Waals surface area (Å²) < 4.78 is 4.07. The number of carbonyl (C=O) groups excluding carboxylic acids is 2. The molecule has 2 aliphatic carbocycles. The highest BCUT2D eigenvalue weighted by Gasteiger charge is 2.56. The molecule has 136 valence electrons. The number of ketones is 2. The number of Topliss-reactive ketones (excluding diaryl/α,β-unsaturated/α-hetero) is 1. The number of phenolic OH excluding ortho intramolecular Hbond substituents is 1. The average Bonchev–Trinajstić information content (AvgIpc) is 2.61. The summed E-state index contributed by atoms with van der Waals surface area (Å²) in [6.45, 7) is 5.52. The minimum absolute atomic E-state index is 0.0531. The molecule has 1 aromatic carbocycles. The maximum atomic E-state index is 13.0. The summed E-state index contributed by atoms with van der Waals surface area (Å²) in [6.07, 6.45) is 5.45. The second kappa shape index (κ2) is 6.71. The van der Waals surface area contributed by atoms with Gasteiger partial charge in [-0.25, -0.2) is 0 Å². The Bertz CT molecular complexity index is 886. The molecule has 0 amide bonds. The van der Waals surface area contributed by atoms with E-state index in [0.717, 1.165) is 5.57 Å². The Hall–Kier alpha value is -1.85. The number of fused-ring (bicyclic) bond motifs is 1. The zero-order valence-electron chi connectivity index (χ0n) is 14.4. The number of hydrogen-bond acceptors (Lipinski definition) is 4. The molecule has 0 saturated carbocycles. The smallest absolute Gasteiger partial charge is 0.176 e. The first kappa shape index (κ1) is 18.9. The van der Waals surface area contributed by atoms with Crippen LogP contribution in [0.2, 0.25) is 5.02 Å². The Morgan fingerprint density at radius 3 is 2.73 bits per heavy atom. The molecule has 6 heteroatoms. The Balaban J connectivity index is 2.26. The number of hydrogen-bond donors (Lipinski definition) is 1. The quantitative estimate of drug-likeness (QED) is 0.707. The van der Waals surface area contributed by atoms with E-state index in [2.05, 4.69) is 22.5 Å². The van der Waals surface area contributed by atoms with Crippen molar-refractivity contribution in [2.24, 2.45) is 5.92 Å². The summed E-state index contributed by atoms with van der Waals surface area (Å²) in [5.41, 5.74) is 1.94. The number of alkyl halides is 1. The van der Waals surface area contributed by atoms with Crippen molar-refractivity contribution < 1.29 is 19.4 Å². The third kappa shape index (κ3) is 2.65. The lowest BCUT2D eigenvalue weighted by molar-refractivity contribution is -0.128. The highest BCUT2D eigenvalue weighted by Crippen LogP contribution is 2.55. The first-order chi connectivity index (χ1) is 12.2. The van der Waals surface area contributed by atoms with Gasteiger partial charge in [0.1, 0.15) is 4.32 Å². The van der Waals surface area contributed by atoms with E-state index in [0.29, 0.717) is 17.6 Å². The number of aromatic hydroxyl groups is 1. The molecule has 3 unspecified atom stereocenters. The largest absolute Gasteiger partial charge is 0.503 e. The Labute approximate surface area is 165 Å². The highest BCUT2D eigenvalue weighted by atomic mass is 79.9. The number of phenols is 1. The van der Waals surface area contributed by atoms with Crippen molar-refractivity contribution in [2.45, 2.75) is 23.6 Å². The van der Waals surface area contributed by atoms with Crippen LogP contribution < -0.4 is 4.74 Å². The maximum absolute atomic E-state index is 13.0. The Morgan fingerprint density at radius 2 is 2.12 bits per heavy atom. The second-order valence-electron chi connectivity index (χ2n) is 6.51. The van der Waals surface area contributed by atoms with Crippen LogP contribution in [0.15, 0.2) is 48.1 Å². The summed E-state index contributed by atoms with van der Waals surface area (Å²) in [6, 6.07) is 3.23. The summed E-state index contributed by atoms with van der Waals surface area (Å²) in [5, 5.41) is 10.1. The van der Waals surface area contributed by atoms with Gasteiger partial charge in [-0.15, -0.1) is 0 Å². The van der Waals surface area contributed by atoms with Gasteiger partial charge in [-0.05, 0) is 48.3 Å². The van der Waals surface area contributed by atoms with Crippen LogP contribution in [0, 0.1) is 5.92 Å².